The zero-order valence-electron chi connectivity index (χ0n) is 13.7. The molecule has 3 rings (SSSR count). The van der Waals surface area contributed by atoms with Crippen molar-refractivity contribution in [2.24, 2.45) is 0 Å². The molecule has 3 aromatic rings. The van der Waals surface area contributed by atoms with Gasteiger partial charge in [0, 0.05) is 30.4 Å². The summed E-state index contributed by atoms with van der Waals surface area (Å²) >= 11 is 0. The van der Waals surface area contributed by atoms with E-state index in [4.69, 9.17) is 4.74 Å². The summed E-state index contributed by atoms with van der Waals surface area (Å²) in [5.41, 5.74) is 3.34. The van der Waals surface area contributed by atoms with Gasteiger partial charge in [-0.1, -0.05) is 18.2 Å². The molecule has 0 fully saturated rings. The third-order valence-corrected chi connectivity index (χ3v) is 3.94. The Bertz CT molecular complexity index is 760. The first-order valence-corrected chi connectivity index (χ1v) is 7.79. The van der Waals surface area contributed by atoms with Crippen LogP contribution in [0.5, 0.6) is 5.75 Å². The highest BCUT2D eigenvalue weighted by atomic mass is 16.5. The SMILES string of the molecule is Cc1cccc(C)c1OCC(C)n1ccnc1-c1cccnc1. The Morgan fingerprint density at radius 1 is 1.09 bits per heavy atom. The lowest BCUT2D eigenvalue weighted by molar-refractivity contribution is 0.258. The first-order valence-electron chi connectivity index (χ1n) is 7.79. The number of pyridine rings is 1. The number of aromatic nitrogens is 3. The van der Waals surface area contributed by atoms with E-state index in [0.717, 1.165) is 28.3 Å². The second-order valence-corrected chi connectivity index (χ2v) is 5.78. The summed E-state index contributed by atoms with van der Waals surface area (Å²) in [4.78, 5) is 8.64. The van der Waals surface area contributed by atoms with E-state index in [-0.39, 0.29) is 6.04 Å². The van der Waals surface area contributed by atoms with Crippen LogP contribution >= 0.6 is 0 Å². The molecule has 0 saturated heterocycles. The average molecular weight is 307 g/mol. The van der Waals surface area contributed by atoms with Crippen molar-refractivity contribution in [3.63, 3.8) is 0 Å². The predicted octanol–water partition coefficient (Wildman–Crippen LogP) is 4.20. The summed E-state index contributed by atoms with van der Waals surface area (Å²) < 4.78 is 8.21. The predicted molar refractivity (Wildman–Crippen MR) is 91.6 cm³/mol. The topological polar surface area (TPSA) is 39.9 Å². The van der Waals surface area contributed by atoms with Gasteiger partial charge in [-0.2, -0.15) is 0 Å². The number of benzene rings is 1. The summed E-state index contributed by atoms with van der Waals surface area (Å²) in [6.45, 7) is 6.88. The standard InChI is InChI=1S/C19H21N3O/c1-14-6-4-7-15(2)18(14)23-13-16(3)22-11-10-21-19(22)17-8-5-9-20-12-17/h4-12,16H,13H2,1-3H3. The third-order valence-electron chi connectivity index (χ3n) is 3.94. The fourth-order valence-electron chi connectivity index (χ4n) is 2.70. The minimum absolute atomic E-state index is 0.173. The van der Waals surface area contributed by atoms with Gasteiger partial charge in [0.1, 0.15) is 18.2 Å². The highest BCUT2D eigenvalue weighted by molar-refractivity contribution is 5.53. The molecule has 1 aromatic carbocycles. The Balaban J connectivity index is 1.77. The third kappa shape index (κ3) is 3.26. The maximum atomic E-state index is 6.08. The van der Waals surface area contributed by atoms with Gasteiger partial charge in [-0.15, -0.1) is 0 Å². The average Bonchev–Trinajstić information content (AvgIpc) is 3.05. The molecule has 0 bridgehead atoms. The number of imidazole rings is 1. The minimum Gasteiger partial charge on any atom is -0.491 e. The molecule has 0 aliphatic heterocycles. The number of hydrogen-bond acceptors (Lipinski definition) is 3. The van der Waals surface area contributed by atoms with E-state index in [1.165, 1.54) is 0 Å². The van der Waals surface area contributed by atoms with Crippen molar-refractivity contribution < 1.29 is 4.74 Å². The van der Waals surface area contributed by atoms with Crippen molar-refractivity contribution in [2.75, 3.05) is 6.61 Å². The van der Waals surface area contributed by atoms with E-state index in [2.05, 4.69) is 53.5 Å². The number of hydrogen-bond donors (Lipinski definition) is 0. The fourth-order valence-corrected chi connectivity index (χ4v) is 2.70. The molecule has 0 N–H and O–H groups in total. The molecule has 4 heteroatoms. The molecule has 0 amide bonds. The summed E-state index contributed by atoms with van der Waals surface area (Å²) in [6, 6.07) is 10.3. The van der Waals surface area contributed by atoms with Gasteiger partial charge in [-0.3, -0.25) is 4.98 Å². The van der Waals surface area contributed by atoms with Gasteiger partial charge in [-0.25, -0.2) is 4.98 Å². The Kier molecular flexibility index (Phi) is 4.42. The number of ether oxygens (including phenoxy) is 1. The summed E-state index contributed by atoms with van der Waals surface area (Å²) in [7, 11) is 0. The molecule has 0 spiro atoms. The maximum Gasteiger partial charge on any atom is 0.141 e. The maximum absolute atomic E-state index is 6.08. The molecule has 2 aromatic heterocycles. The number of aryl methyl sites for hydroxylation is 2. The minimum atomic E-state index is 0.173. The second kappa shape index (κ2) is 6.65. The zero-order chi connectivity index (χ0) is 16.2. The van der Waals surface area contributed by atoms with Gasteiger partial charge in [0.25, 0.3) is 0 Å². The zero-order valence-corrected chi connectivity index (χ0v) is 13.7. The van der Waals surface area contributed by atoms with Gasteiger partial charge in [0.15, 0.2) is 0 Å². The summed E-state index contributed by atoms with van der Waals surface area (Å²) in [5, 5.41) is 0. The largest absolute Gasteiger partial charge is 0.491 e. The Labute approximate surface area is 136 Å². The van der Waals surface area contributed by atoms with Crippen LogP contribution < -0.4 is 4.74 Å². The molecule has 0 aliphatic rings. The van der Waals surface area contributed by atoms with Gasteiger partial charge in [0.2, 0.25) is 0 Å². The van der Waals surface area contributed by atoms with Gasteiger partial charge in [-0.05, 0) is 44.0 Å². The molecule has 1 unspecified atom stereocenters. The molecule has 1 atom stereocenters. The fraction of sp³-hybridized carbons (Fsp3) is 0.263. The highest BCUT2D eigenvalue weighted by Crippen LogP contribution is 2.25. The quantitative estimate of drug-likeness (QED) is 0.709. The Morgan fingerprint density at radius 3 is 2.57 bits per heavy atom. The van der Waals surface area contributed by atoms with Crippen LogP contribution in [0.15, 0.2) is 55.1 Å². The monoisotopic (exact) mass is 307 g/mol. The van der Waals surface area contributed by atoms with E-state index in [1.807, 2.05) is 30.7 Å². The van der Waals surface area contributed by atoms with Crippen LogP contribution in [0.2, 0.25) is 0 Å². The van der Waals surface area contributed by atoms with E-state index in [0.29, 0.717) is 6.61 Å². The van der Waals surface area contributed by atoms with Crippen molar-refractivity contribution in [1.82, 2.24) is 14.5 Å². The van der Waals surface area contributed by atoms with Crippen molar-refractivity contribution in [3.8, 4) is 17.1 Å². The lowest BCUT2D eigenvalue weighted by atomic mass is 10.1. The molecule has 0 radical (unpaired) electrons. The smallest absolute Gasteiger partial charge is 0.141 e. The van der Waals surface area contributed by atoms with E-state index in [9.17, 15) is 0 Å². The van der Waals surface area contributed by atoms with Gasteiger partial charge >= 0.3 is 0 Å². The van der Waals surface area contributed by atoms with E-state index < -0.39 is 0 Å². The Hall–Kier alpha value is -2.62. The van der Waals surface area contributed by atoms with Crippen LogP contribution in [-0.4, -0.2) is 21.1 Å². The number of rotatable bonds is 5. The van der Waals surface area contributed by atoms with Crippen LogP contribution in [0.3, 0.4) is 0 Å². The van der Waals surface area contributed by atoms with Crippen LogP contribution in [0.1, 0.15) is 24.1 Å². The first-order chi connectivity index (χ1) is 11.2. The highest BCUT2D eigenvalue weighted by Gasteiger charge is 2.13. The van der Waals surface area contributed by atoms with Crippen molar-refractivity contribution in [3.05, 3.63) is 66.2 Å². The van der Waals surface area contributed by atoms with Crippen molar-refractivity contribution in [1.29, 1.82) is 0 Å². The molecule has 0 aliphatic carbocycles. The van der Waals surface area contributed by atoms with Crippen molar-refractivity contribution >= 4 is 0 Å². The van der Waals surface area contributed by atoms with Crippen LogP contribution in [0.4, 0.5) is 0 Å². The molecule has 23 heavy (non-hydrogen) atoms. The number of nitrogens with zero attached hydrogens (tertiary/aromatic N) is 3. The molecule has 4 nitrogen and oxygen atoms in total. The molecule has 0 saturated carbocycles. The first kappa shape index (κ1) is 15.3. The van der Waals surface area contributed by atoms with Crippen LogP contribution in [0, 0.1) is 13.8 Å². The normalized spacial score (nSPS) is 12.1. The van der Waals surface area contributed by atoms with E-state index in [1.54, 1.807) is 6.20 Å². The molecule has 118 valence electrons. The number of para-hydroxylation sites is 1. The summed E-state index contributed by atoms with van der Waals surface area (Å²) in [6.07, 6.45) is 7.40. The van der Waals surface area contributed by atoms with E-state index >= 15 is 0 Å². The Morgan fingerprint density at radius 2 is 1.87 bits per heavy atom. The summed E-state index contributed by atoms with van der Waals surface area (Å²) in [5.74, 6) is 1.89. The lowest BCUT2D eigenvalue weighted by Gasteiger charge is -2.19. The lowest BCUT2D eigenvalue weighted by Crippen LogP contribution is -2.15. The van der Waals surface area contributed by atoms with Crippen LogP contribution in [0.25, 0.3) is 11.4 Å². The molecule has 2 heterocycles. The molecular weight excluding hydrogens is 286 g/mol. The van der Waals surface area contributed by atoms with Crippen LogP contribution in [-0.2, 0) is 0 Å². The second-order valence-electron chi connectivity index (χ2n) is 5.78. The van der Waals surface area contributed by atoms with Gasteiger partial charge in [0.05, 0.1) is 6.04 Å². The van der Waals surface area contributed by atoms with Gasteiger partial charge < -0.3 is 9.30 Å². The molecular formula is C19H21N3O. The van der Waals surface area contributed by atoms with Crippen molar-refractivity contribution in [2.45, 2.75) is 26.8 Å².